The smallest absolute Gasteiger partial charge is 0.224 e. The molecule has 0 radical (unpaired) electrons. The van der Waals surface area contributed by atoms with E-state index in [-0.39, 0.29) is 5.91 Å². The highest BCUT2D eigenvalue weighted by molar-refractivity contribution is 5.93. The standard InChI is InChI=1S/C18H24N4O2/c1-13-10-20-22(11-13)12-14(2)19-7-8-24-16-4-5-17-15(9-16)3-6-18(23)21-17/h4-5,9-11,14,19H,3,6-8,12H2,1-2H3,(H,21,23)/t14-/m1/s1. The number of carbonyl (C=O) groups excluding carboxylic acids is 1. The molecule has 6 nitrogen and oxygen atoms in total. The lowest BCUT2D eigenvalue weighted by Crippen LogP contribution is -2.33. The van der Waals surface area contributed by atoms with Crippen molar-refractivity contribution in [3.8, 4) is 5.75 Å². The number of carbonyl (C=O) groups is 1. The summed E-state index contributed by atoms with van der Waals surface area (Å²) in [5.74, 6) is 0.934. The molecule has 0 unspecified atom stereocenters. The van der Waals surface area contributed by atoms with E-state index < -0.39 is 0 Å². The zero-order valence-corrected chi connectivity index (χ0v) is 14.2. The Labute approximate surface area is 142 Å². The minimum absolute atomic E-state index is 0.0849. The van der Waals surface area contributed by atoms with Gasteiger partial charge in [0.2, 0.25) is 5.91 Å². The summed E-state index contributed by atoms with van der Waals surface area (Å²) >= 11 is 0. The molecule has 0 fully saturated rings. The molecule has 1 aromatic carbocycles. The van der Waals surface area contributed by atoms with E-state index in [1.54, 1.807) is 0 Å². The van der Waals surface area contributed by atoms with Gasteiger partial charge >= 0.3 is 0 Å². The Balaban J connectivity index is 1.41. The number of nitrogens with zero attached hydrogens (tertiary/aromatic N) is 2. The van der Waals surface area contributed by atoms with Gasteiger partial charge in [0.1, 0.15) is 12.4 Å². The number of ether oxygens (including phenoxy) is 1. The minimum Gasteiger partial charge on any atom is -0.492 e. The van der Waals surface area contributed by atoms with Crippen LogP contribution in [0.2, 0.25) is 0 Å². The lowest BCUT2D eigenvalue weighted by Gasteiger charge is -2.18. The fourth-order valence-electron chi connectivity index (χ4n) is 2.84. The number of anilines is 1. The normalized spacial score (nSPS) is 14.8. The Morgan fingerprint density at radius 2 is 2.29 bits per heavy atom. The molecular weight excluding hydrogens is 304 g/mol. The number of fused-ring (bicyclic) bond motifs is 1. The summed E-state index contributed by atoms with van der Waals surface area (Å²) in [5.41, 5.74) is 3.22. The van der Waals surface area contributed by atoms with Crippen LogP contribution in [0, 0.1) is 6.92 Å². The van der Waals surface area contributed by atoms with Gasteiger partial charge < -0.3 is 15.4 Å². The Morgan fingerprint density at radius 1 is 1.42 bits per heavy atom. The molecular formula is C18H24N4O2. The summed E-state index contributed by atoms with van der Waals surface area (Å²) in [7, 11) is 0. The second-order valence-electron chi connectivity index (χ2n) is 6.31. The van der Waals surface area contributed by atoms with Crippen molar-refractivity contribution in [2.45, 2.75) is 39.3 Å². The van der Waals surface area contributed by atoms with E-state index in [1.807, 2.05) is 42.2 Å². The Hall–Kier alpha value is -2.34. The number of hydrogen-bond donors (Lipinski definition) is 2. The second-order valence-corrected chi connectivity index (χ2v) is 6.31. The molecule has 2 N–H and O–H groups in total. The molecule has 0 saturated heterocycles. The van der Waals surface area contributed by atoms with Crippen molar-refractivity contribution in [2.24, 2.45) is 0 Å². The third kappa shape index (κ3) is 4.35. The number of nitrogens with one attached hydrogen (secondary N) is 2. The number of benzene rings is 1. The van der Waals surface area contributed by atoms with Crippen molar-refractivity contribution >= 4 is 11.6 Å². The van der Waals surface area contributed by atoms with Crippen LogP contribution in [0.25, 0.3) is 0 Å². The molecule has 1 atom stereocenters. The highest BCUT2D eigenvalue weighted by Crippen LogP contribution is 2.26. The lowest BCUT2D eigenvalue weighted by molar-refractivity contribution is -0.116. The van der Waals surface area contributed by atoms with Crippen LogP contribution in [0.4, 0.5) is 5.69 Å². The number of aromatic nitrogens is 2. The average molecular weight is 328 g/mol. The van der Waals surface area contributed by atoms with Crippen LogP contribution < -0.4 is 15.4 Å². The zero-order chi connectivity index (χ0) is 16.9. The number of rotatable bonds is 7. The second kappa shape index (κ2) is 7.49. The topological polar surface area (TPSA) is 68.2 Å². The van der Waals surface area contributed by atoms with E-state index >= 15 is 0 Å². The fraction of sp³-hybridized carbons (Fsp3) is 0.444. The average Bonchev–Trinajstić information content (AvgIpc) is 2.96. The van der Waals surface area contributed by atoms with Gasteiger partial charge in [-0.1, -0.05) is 0 Å². The van der Waals surface area contributed by atoms with Gasteiger partial charge in [-0.15, -0.1) is 0 Å². The molecule has 0 aliphatic carbocycles. The fourth-order valence-corrected chi connectivity index (χ4v) is 2.84. The molecule has 128 valence electrons. The minimum atomic E-state index is 0.0849. The van der Waals surface area contributed by atoms with Crippen molar-refractivity contribution in [1.82, 2.24) is 15.1 Å². The van der Waals surface area contributed by atoms with Crippen LogP contribution >= 0.6 is 0 Å². The van der Waals surface area contributed by atoms with Crippen LogP contribution in [-0.2, 0) is 17.8 Å². The summed E-state index contributed by atoms with van der Waals surface area (Å²) in [6.45, 7) is 6.40. The molecule has 2 heterocycles. The highest BCUT2D eigenvalue weighted by Gasteiger charge is 2.14. The predicted molar refractivity (Wildman–Crippen MR) is 93.3 cm³/mol. The first-order valence-electron chi connectivity index (χ1n) is 8.38. The Bertz CT molecular complexity index is 711. The highest BCUT2D eigenvalue weighted by atomic mass is 16.5. The largest absolute Gasteiger partial charge is 0.492 e. The first-order valence-corrected chi connectivity index (χ1v) is 8.38. The van der Waals surface area contributed by atoms with Gasteiger partial charge in [-0.05, 0) is 49.6 Å². The summed E-state index contributed by atoms with van der Waals surface area (Å²) in [6, 6.07) is 6.16. The van der Waals surface area contributed by atoms with Gasteiger partial charge in [0.25, 0.3) is 0 Å². The van der Waals surface area contributed by atoms with Crippen molar-refractivity contribution in [3.05, 3.63) is 41.7 Å². The molecule has 0 saturated carbocycles. The number of amides is 1. The van der Waals surface area contributed by atoms with Gasteiger partial charge in [0.15, 0.2) is 0 Å². The van der Waals surface area contributed by atoms with Crippen LogP contribution in [-0.4, -0.2) is 34.9 Å². The molecule has 1 amide bonds. The maximum Gasteiger partial charge on any atom is 0.224 e. The number of hydrogen-bond acceptors (Lipinski definition) is 4. The monoisotopic (exact) mass is 328 g/mol. The van der Waals surface area contributed by atoms with E-state index in [1.165, 1.54) is 5.56 Å². The Kier molecular flexibility index (Phi) is 5.15. The van der Waals surface area contributed by atoms with Crippen molar-refractivity contribution < 1.29 is 9.53 Å². The Morgan fingerprint density at radius 3 is 3.08 bits per heavy atom. The van der Waals surface area contributed by atoms with Gasteiger partial charge in [-0.2, -0.15) is 5.10 Å². The molecule has 0 spiro atoms. The maximum absolute atomic E-state index is 11.4. The van der Waals surface area contributed by atoms with E-state index in [4.69, 9.17) is 4.74 Å². The van der Waals surface area contributed by atoms with E-state index in [2.05, 4.69) is 22.7 Å². The van der Waals surface area contributed by atoms with Crippen molar-refractivity contribution in [3.63, 3.8) is 0 Å². The van der Waals surface area contributed by atoms with Gasteiger partial charge in [-0.3, -0.25) is 9.48 Å². The summed E-state index contributed by atoms with van der Waals surface area (Å²) < 4.78 is 7.76. The third-order valence-electron chi connectivity index (χ3n) is 4.06. The van der Waals surface area contributed by atoms with Crippen LogP contribution in [0.1, 0.15) is 24.5 Å². The molecule has 1 aliphatic rings. The van der Waals surface area contributed by atoms with E-state index in [0.29, 0.717) is 19.1 Å². The van der Waals surface area contributed by atoms with Gasteiger partial charge in [0, 0.05) is 30.9 Å². The third-order valence-corrected chi connectivity index (χ3v) is 4.06. The first kappa shape index (κ1) is 16.5. The van der Waals surface area contributed by atoms with Gasteiger partial charge in [0.05, 0.1) is 12.7 Å². The summed E-state index contributed by atoms with van der Waals surface area (Å²) in [6.07, 6.45) is 5.23. The number of aryl methyl sites for hydroxylation is 2. The SMILES string of the molecule is Cc1cnn(C[C@@H](C)NCCOc2ccc3c(c2)CCC(=O)N3)c1. The van der Waals surface area contributed by atoms with E-state index in [0.717, 1.165) is 36.5 Å². The van der Waals surface area contributed by atoms with Crippen molar-refractivity contribution in [1.29, 1.82) is 0 Å². The summed E-state index contributed by atoms with van der Waals surface area (Å²) in [5, 5.41) is 10.6. The van der Waals surface area contributed by atoms with Crippen LogP contribution in [0.15, 0.2) is 30.6 Å². The quantitative estimate of drug-likeness (QED) is 0.764. The molecule has 6 heteroatoms. The van der Waals surface area contributed by atoms with Crippen molar-refractivity contribution in [2.75, 3.05) is 18.5 Å². The van der Waals surface area contributed by atoms with Crippen LogP contribution in [0.5, 0.6) is 5.75 Å². The van der Waals surface area contributed by atoms with Gasteiger partial charge in [-0.25, -0.2) is 0 Å². The molecule has 1 aromatic heterocycles. The molecule has 1 aliphatic heterocycles. The van der Waals surface area contributed by atoms with E-state index in [9.17, 15) is 4.79 Å². The van der Waals surface area contributed by atoms with Crippen LogP contribution in [0.3, 0.4) is 0 Å². The molecule has 2 aromatic rings. The summed E-state index contributed by atoms with van der Waals surface area (Å²) in [4.78, 5) is 11.4. The molecule has 24 heavy (non-hydrogen) atoms. The predicted octanol–water partition coefficient (Wildman–Crippen LogP) is 2.13. The lowest BCUT2D eigenvalue weighted by atomic mass is 10.0. The molecule has 3 rings (SSSR count). The molecule has 0 bridgehead atoms. The zero-order valence-electron chi connectivity index (χ0n) is 14.2. The maximum atomic E-state index is 11.4. The first-order chi connectivity index (χ1) is 11.6.